The molecule has 0 saturated carbocycles. The first-order chi connectivity index (χ1) is 9.10. The number of rotatable bonds is 5. The monoisotopic (exact) mass is 261 g/mol. The van der Waals surface area contributed by atoms with E-state index < -0.39 is 6.09 Å². The molecule has 1 rings (SSSR count). The van der Waals surface area contributed by atoms with E-state index >= 15 is 0 Å². The van der Waals surface area contributed by atoms with Crippen LogP contribution in [0.25, 0.3) is 0 Å². The zero-order valence-corrected chi connectivity index (χ0v) is 11.4. The van der Waals surface area contributed by atoms with Crippen molar-refractivity contribution in [2.75, 3.05) is 7.11 Å². The van der Waals surface area contributed by atoms with Gasteiger partial charge in [-0.15, -0.1) is 0 Å². The quantitative estimate of drug-likeness (QED) is 0.765. The van der Waals surface area contributed by atoms with Crippen LogP contribution in [-0.4, -0.2) is 24.0 Å². The normalized spacial score (nSPS) is 9.79. The van der Waals surface area contributed by atoms with Crippen LogP contribution in [-0.2, 0) is 16.1 Å². The highest BCUT2D eigenvalue weighted by Gasteiger charge is 2.24. The van der Waals surface area contributed by atoms with Crippen molar-refractivity contribution in [2.24, 2.45) is 0 Å². The lowest BCUT2D eigenvalue weighted by molar-refractivity contribution is -0.126. The molecule has 0 aliphatic carbocycles. The summed E-state index contributed by atoms with van der Waals surface area (Å²) in [5.74, 6) is -0.377. The van der Waals surface area contributed by atoms with Crippen molar-refractivity contribution in [1.29, 1.82) is 0 Å². The number of carbonyl (C=O) groups excluding carboxylic acids is 2. The number of carbonyl (C=O) groups is 2. The second-order valence-corrected chi connectivity index (χ2v) is 4.20. The zero-order chi connectivity index (χ0) is 14.3. The van der Waals surface area contributed by atoms with Gasteiger partial charge in [0.05, 0.1) is 13.7 Å². The third-order valence-corrected chi connectivity index (χ3v) is 2.68. The SMILES string of the molecule is C=C(CCC)C(=O)N(Cc1ccccc1)C(=O)OC. The van der Waals surface area contributed by atoms with Crippen molar-refractivity contribution in [3.8, 4) is 0 Å². The molecule has 0 N–H and O–H groups in total. The third kappa shape index (κ3) is 4.25. The minimum absolute atomic E-state index is 0.190. The Bertz CT molecular complexity index is 454. The number of benzene rings is 1. The Morgan fingerprint density at radius 3 is 2.42 bits per heavy atom. The predicted molar refractivity (Wildman–Crippen MR) is 73.4 cm³/mol. The summed E-state index contributed by atoms with van der Waals surface area (Å²) in [6.45, 7) is 5.87. The Morgan fingerprint density at radius 1 is 1.26 bits per heavy atom. The van der Waals surface area contributed by atoms with Crippen LogP contribution in [0.5, 0.6) is 0 Å². The van der Waals surface area contributed by atoms with Gasteiger partial charge in [-0.25, -0.2) is 9.69 Å². The number of nitrogens with zero attached hydrogens (tertiary/aromatic N) is 1. The van der Waals surface area contributed by atoms with Gasteiger partial charge in [0.2, 0.25) is 0 Å². The van der Waals surface area contributed by atoms with Gasteiger partial charge in [-0.05, 0) is 12.0 Å². The second-order valence-electron chi connectivity index (χ2n) is 4.20. The molecule has 0 radical (unpaired) electrons. The van der Waals surface area contributed by atoms with Gasteiger partial charge in [0.1, 0.15) is 0 Å². The van der Waals surface area contributed by atoms with Crippen molar-refractivity contribution >= 4 is 12.0 Å². The molecule has 0 atom stereocenters. The van der Waals surface area contributed by atoms with Gasteiger partial charge < -0.3 is 4.74 Å². The van der Waals surface area contributed by atoms with Gasteiger partial charge >= 0.3 is 6.09 Å². The van der Waals surface area contributed by atoms with E-state index in [0.717, 1.165) is 16.9 Å². The Morgan fingerprint density at radius 2 is 1.89 bits per heavy atom. The molecule has 4 heteroatoms. The van der Waals surface area contributed by atoms with Gasteiger partial charge in [-0.1, -0.05) is 50.3 Å². The molecular formula is C15H19NO3. The van der Waals surface area contributed by atoms with Crippen LogP contribution in [0, 0.1) is 0 Å². The molecule has 0 bridgehead atoms. The van der Waals surface area contributed by atoms with Crippen molar-refractivity contribution < 1.29 is 14.3 Å². The van der Waals surface area contributed by atoms with Gasteiger partial charge in [-0.2, -0.15) is 0 Å². The predicted octanol–water partition coefficient (Wildman–Crippen LogP) is 3.14. The molecule has 0 aliphatic rings. The number of methoxy groups -OCH3 is 1. The summed E-state index contributed by atoms with van der Waals surface area (Å²) in [4.78, 5) is 24.9. The van der Waals surface area contributed by atoms with Gasteiger partial charge in [0.25, 0.3) is 5.91 Å². The Labute approximate surface area is 113 Å². The van der Waals surface area contributed by atoms with E-state index in [9.17, 15) is 9.59 Å². The Balaban J connectivity index is 2.86. The summed E-state index contributed by atoms with van der Waals surface area (Å²) in [5.41, 5.74) is 1.29. The maximum atomic E-state index is 12.2. The molecule has 0 saturated heterocycles. The highest BCUT2D eigenvalue weighted by Crippen LogP contribution is 2.12. The zero-order valence-electron chi connectivity index (χ0n) is 11.4. The molecule has 0 unspecified atom stereocenters. The topological polar surface area (TPSA) is 46.6 Å². The van der Waals surface area contributed by atoms with E-state index in [1.54, 1.807) is 0 Å². The number of hydrogen-bond donors (Lipinski definition) is 0. The lowest BCUT2D eigenvalue weighted by Gasteiger charge is -2.20. The first-order valence-electron chi connectivity index (χ1n) is 6.21. The van der Waals surface area contributed by atoms with Crippen molar-refractivity contribution in [3.05, 3.63) is 48.0 Å². The standard InChI is InChI=1S/C15H19NO3/c1-4-8-12(2)14(17)16(15(18)19-3)11-13-9-6-5-7-10-13/h5-7,9-10H,2,4,8,11H2,1,3H3. The summed E-state index contributed by atoms with van der Waals surface area (Å²) in [6, 6.07) is 9.30. The molecule has 0 heterocycles. The molecule has 2 amide bonds. The van der Waals surface area contributed by atoms with E-state index in [1.807, 2.05) is 37.3 Å². The molecule has 0 aromatic heterocycles. The van der Waals surface area contributed by atoms with Gasteiger partial charge in [-0.3, -0.25) is 4.79 Å². The maximum Gasteiger partial charge on any atom is 0.416 e. The van der Waals surface area contributed by atoms with Crippen LogP contribution in [0.4, 0.5) is 4.79 Å². The fraction of sp³-hybridized carbons (Fsp3) is 0.333. The molecule has 1 aromatic carbocycles. The summed E-state index contributed by atoms with van der Waals surface area (Å²) in [5, 5.41) is 0. The smallest absolute Gasteiger partial charge is 0.416 e. The van der Waals surface area contributed by atoms with Crippen molar-refractivity contribution in [1.82, 2.24) is 4.90 Å². The molecule has 1 aromatic rings. The van der Waals surface area contributed by atoms with Crippen LogP contribution >= 0.6 is 0 Å². The average Bonchev–Trinajstić information content (AvgIpc) is 2.44. The lowest BCUT2D eigenvalue weighted by atomic mass is 10.1. The summed E-state index contributed by atoms with van der Waals surface area (Å²) in [6.07, 6.45) is 0.720. The highest BCUT2D eigenvalue weighted by atomic mass is 16.5. The van der Waals surface area contributed by atoms with Crippen LogP contribution in [0.1, 0.15) is 25.3 Å². The van der Waals surface area contributed by atoms with E-state index in [2.05, 4.69) is 11.3 Å². The lowest BCUT2D eigenvalue weighted by Crippen LogP contribution is -2.37. The van der Waals surface area contributed by atoms with Crippen LogP contribution in [0.15, 0.2) is 42.5 Å². The molecule has 4 nitrogen and oxygen atoms in total. The number of ether oxygens (including phenoxy) is 1. The molecular weight excluding hydrogens is 242 g/mol. The molecule has 0 aliphatic heterocycles. The second kappa shape index (κ2) is 7.36. The van der Waals surface area contributed by atoms with E-state index in [1.165, 1.54) is 7.11 Å². The van der Waals surface area contributed by atoms with E-state index in [-0.39, 0.29) is 12.5 Å². The highest BCUT2D eigenvalue weighted by molar-refractivity contribution is 6.01. The number of imide groups is 1. The minimum Gasteiger partial charge on any atom is -0.452 e. The third-order valence-electron chi connectivity index (χ3n) is 2.68. The van der Waals surface area contributed by atoms with Crippen LogP contribution in [0.3, 0.4) is 0 Å². The summed E-state index contributed by atoms with van der Waals surface area (Å²) < 4.78 is 4.66. The minimum atomic E-state index is -0.661. The molecule has 0 spiro atoms. The Hall–Kier alpha value is -2.10. The fourth-order valence-corrected chi connectivity index (χ4v) is 1.70. The molecule has 102 valence electrons. The van der Waals surface area contributed by atoms with Crippen molar-refractivity contribution in [2.45, 2.75) is 26.3 Å². The number of amides is 2. The summed E-state index contributed by atoms with van der Waals surface area (Å²) >= 11 is 0. The van der Waals surface area contributed by atoms with E-state index in [4.69, 9.17) is 0 Å². The van der Waals surface area contributed by atoms with Crippen LogP contribution < -0.4 is 0 Å². The average molecular weight is 261 g/mol. The fourth-order valence-electron chi connectivity index (χ4n) is 1.70. The van der Waals surface area contributed by atoms with Crippen LogP contribution in [0.2, 0.25) is 0 Å². The first kappa shape index (κ1) is 15.0. The largest absolute Gasteiger partial charge is 0.452 e. The van der Waals surface area contributed by atoms with E-state index in [0.29, 0.717) is 12.0 Å². The summed E-state index contributed by atoms with van der Waals surface area (Å²) in [7, 11) is 1.26. The van der Waals surface area contributed by atoms with Gasteiger partial charge in [0, 0.05) is 5.57 Å². The maximum absolute atomic E-state index is 12.2. The Kier molecular flexibility index (Phi) is 5.79. The molecule has 19 heavy (non-hydrogen) atoms. The van der Waals surface area contributed by atoms with Gasteiger partial charge in [0.15, 0.2) is 0 Å². The first-order valence-corrected chi connectivity index (χ1v) is 6.21. The van der Waals surface area contributed by atoms with Crippen molar-refractivity contribution in [3.63, 3.8) is 0 Å². The number of hydrogen-bond acceptors (Lipinski definition) is 3. The molecule has 0 fully saturated rings.